The van der Waals surface area contributed by atoms with Gasteiger partial charge in [0, 0.05) is 43.9 Å². The van der Waals surface area contributed by atoms with Gasteiger partial charge in [-0.15, -0.1) is 0 Å². The second-order valence-corrected chi connectivity index (χ2v) is 13.0. The average molecular weight is 652 g/mol. The molecule has 0 aliphatic carbocycles. The molecule has 0 N–H and O–H groups in total. The summed E-state index contributed by atoms with van der Waals surface area (Å²) < 4.78 is 6.97. The van der Waals surface area contributed by atoms with Crippen LogP contribution in [-0.4, -0.2) is 23.7 Å². The molecular weight excluding hydrogens is 623 g/mol. The minimum atomic E-state index is 0.629. The molecule has 11 rings (SSSR count). The van der Waals surface area contributed by atoms with Crippen LogP contribution in [0.5, 0.6) is 0 Å². The van der Waals surface area contributed by atoms with E-state index in [1.165, 1.54) is 43.4 Å². The standard InChI is InChI=1S/C46H29N5/c1-2-15-30(16-3-1)37-29-44(48-46(47-37)50-40-25-11-6-19-33(40)34-20-7-12-26-41(34)50)51-42-27-13-8-21-35(42)36-22-14-28-43(45(36)51)49-38-23-9-4-17-31(38)32-18-5-10-24-39(32)49/h1-29H. The van der Waals surface area contributed by atoms with Gasteiger partial charge in [-0.2, -0.15) is 4.98 Å². The number of hydrogen-bond acceptors (Lipinski definition) is 2. The van der Waals surface area contributed by atoms with E-state index < -0.39 is 0 Å². The molecule has 5 heteroatoms. The summed E-state index contributed by atoms with van der Waals surface area (Å²) >= 11 is 0. The summed E-state index contributed by atoms with van der Waals surface area (Å²) in [6.45, 7) is 0. The van der Waals surface area contributed by atoms with E-state index in [4.69, 9.17) is 9.97 Å². The van der Waals surface area contributed by atoms with Crippen LogP contribution in [0.2, 0.25) is 0 Å². The summed E-state index contributed by atoms with van der Waals surface area (Å²) in [5.74, 6) is 1.43. The molecule has 51 heavy (non-hydrogen) atoms. The fourth-order valence-electron chi connectivity index (χ4n) is 8.13. The topological polar surface area (TPSA) is 40.6 Å². The van der Waals surface area contributed by atoms with Crippen molar-refractivity contribution in [3.8, 4) is 28.7 Å². The van der Waals surface area contributed by atoms with Crippen LogP contribution in [0, 0.1) is 0 Å². The van der Waals surface area contributed by atoms with Crippen LogP contribution in [-0.2, 0) is 0 Å². The van der Waals surface area contributed by atoms with Gasteiger partial charge in [-0.3, -0.25) is 9.13 Å². The summed E-state index contributed by atoms with van der Waals surface area (Å²) in [5, 5.41) is 7.16. The van der Waals surface area contributed by atoms with Gasteiger partial charge < -0.3 is 4.57 Å². The zero-order valence-corrected chi connectivity index (χ0v) is 27.5. The molecule has 4 heterocycles. The van der Waals surface area contributed by atoms with E-state index in [2.05, 4.69) is 184 Å². The minimum Gasteiger partial charge on any atom is -0.307 e. The second kappa shape index (κ2) is 10.8. The number of para-hydroxylation sites is 6. The number of fused-ring (bicyclic) bond motifs is 9. The molecule has 11 aromatic rings. The van der Waals surface area contributed by atoms with Crippen molar-refractivity contribution in [3.05, 3.63) is 176 Å². The molecule has 0 radical (unpaired) electrons. The van der Waals surface area contributed by atoms with Crippen LogP contribution < -0.4 is 0 Å². The lowest BCUT2D eigenvalue weighted by Gasteiger charge is -2.16. The Balaban J connectivity index is 1.29. The van der Waals surface area contributed by atoms with Crippen LogP contribution in [0.25, 0.3) is 94.1 Å². The smallest absolute Gasteiger partial charge is 0.237 e. The van der Waals surface area contributed by atoms with E-state index in [9.17, 15) is 0 Å². The summed E-state index contributed by atoms with van der Waals surface area (Å²) in [6, 6.07) is 62.3. The lowest BCUT2D eigenvalue weighted by molar-refractivity contribution is 0.950. The predicted molar refractivity (Wildman–Crippen MR) is 210 cm³/mol. The number of nitrogens with zero attached hydrogens (tertiary/aromatic N) is 5. The van der Waals surface area contributed by atoms with Gasteiger partial charge in [0.05, 0.1) is 44.5 Å². The molecule has 0 saturated carbocycles. The zero-order chi connectivity index (χ0) is 33.5. The van der Waals surface area contributed by atoms with Crippen molar-refractivity contribution >= 4 is 65.4 Å². The lowest BCUT2D eigenvalue weighted by Crippen LogP contribution is -2.08. The molecule has 0 bridgehead atoms. The van der Waals surface area contributed by atoms with Crippen molar-refractivity contribution in [1.82, 2.24) is 23.7 Å². The van der Waals surface area contributed by atoms with E-state index in [1.54, 1.807) is 0 Å². The first-order chi connectivity index (χ1) is 25.3. The van der Waals surface area contributed by atoms with E-state index in [1.807, 2.05) is 6.07 Å². The first kappa shape index (κ1) is 27.9. The molecule has 0 atom stereocenters. The zero-order valence-electron chi connectivity index (χ0n) is 27.5. The van der Waals surface area contributed by atoms with Crippen LogP contribution in [0.4, 0.5) is 0 Å². The Morgan fingerprint density at radius 2 is 0.765 bits per heavy atom. The van der Waals surface area contributed by atoms with E-state index in [-0.39, 0.29) is 0 Å². The number of benzene rings is 7. The normalized spacial score (nSPS) is 11.9. The Morgan fingerprint density at radius 3 is 1.31 bits per heavy atom. The molecule has 7 aromatic carbocycles. The molecule has 0 amide bonds. The predicted octanol–water partition coefficient (Wildman–Crippen LogP) is 11.4. The second-order valence-electron chi connectivity index (χ2n) is 13.0. The summed E-state index contributed by atoms with van der Waals surface area (Å²) in [6.07, 6.45) is 0. The van der Waals surface area contributed by atoms with Gasteiger partial charge >= 0.3 is 0 Å². The third kappa shape index (κ3) is 4.03. The van der Waals surface area contributed by atoms with Gasteiger partial charge in [-0.1, -0.05) is 133 Å². The summed E-state index contributed by atoms with van der Waals surface area (Å²) in [5.41, 5.74) is 9.65. The highest BCUT2D eigenvalue weighted by Crippen LogP contribution is 2.40. The van der Waals surface area contributed by atoms with E-state index >= 15 is 0 Å². The van der Waals surface area contributed by atoms with Gasteiger partial charge in [0.2, 0.25) is 5.95 Å². The van der Waals surface area contributed by atoms with E-state index in [0.29, 0.717) is 5.95 Å². The van der Waals surface area contributed by atoms with Crippen LogP contribution >= 0.6 is 0 Å². The highest BCUT2D eigenvalue weighted by molar-refractivity contribution is 6.15. The number of rotatable bonds is 4. The third-order valence-electron chi connectivity index (χ3n) is 10.3. The van der Waals surface area contributed by atoms with Crippen molar-refractivity contribution < 1.29 is 0 Å². The maximum atomic E-state index is 5.50. The minimum absolute atomic E-state index is 0.629. The molecule has 0 aliphatic rings. The Kier molecular flexibility index (Phi) is 5.89. The Morgan fingerprint density at radius 1 is 0.333 bits per heavy atom. The van der Waals surface area contributed by atoms with Crippen LogP contribution in [0.1, 0.15) is 0 Å². The Bertz CT molecular complexity index is 3040. The number of hydrogen-bond donors (Lipinski definition) is 0. The Hall–Kier alpha value is -6.98. The lowest BCUT2D eigenvalue weighted by atomic mass is 10.1. The SMILES string of the molecule is c1ccc(-c2cc(-n3c4ccccc4c4cccc(-n5c6ccccc6c6ccccc65)c43)nc(-n3c4ccccc4c4ccccc43)n2)cc1. The first-order valence-corrected chi connectivity index (χ1v) is 17.3. The molecule has 238 valence electrons. The van der Waals surface area contributed by atoms with Crippen LogP contribution in [0.3, 0.4) is 0 Å². The maximum absolute atomic E-state index is 5.50. The van der Waals surface area contributed by atoms with Crippen molar-refractivity contribution in [3.63, 3.8) is 0 Å². The van der Waals surface area contributed by atoms with Crippen molar-refractivity contribution in [2.24, 2.45) is 0 Å². The Labute approximate surface area is 292 Å². The van der Waals surface area contributed by atoms with Crippen molar-refractivity contribution in [2.75, 3.05) is 0 Å². The van der Waals surface area contributed by atoms with E-state index in [0.717, 1.165) is 44.8 Å². The third-order valence-corrected chi connectivity index (χ3v) is 10.3. The van der Waals surface area contributed by atoms with Crippen molar-refractivity contribution in [2.45, 2.75) is 0 Å². The highest BCUT2D eigenvalue weighted by atomic mass is 15.2. The van der Waals surface area contributed by atoms with Crippen LogP contribution in [0.15, 0.2) is 176 Å². The quantitative estimate of drug-likeness (QED) is 0.190. The van der Waals surface area contributed by atoms with Gasteiger partial charge in [-0.25, -0.2) is 4.98 Å². The van der Waals surface area contributed by atoms with Gasteiger partial charge in [0.1, 0.15) is 5.82 Å². The molecule has 0 saturated heterocycles. The summed E-state index contributed by atoms with van der Waals surface area (Å²) in [7, 11) is 0. The van der Waals surface area contributed by atoms with Crippen molar-refractivity contribution in [1.29, 1.82) is 0 Å². The fourth-order valence-corrected chi connectivity index (χ4v) is 8.13. The largest absolute Gasteiger partial charge is 0.307 e. The van der Waals surface area contributed by atoms with Gasteiger partial charge in [0.25, 0.3) is 0 Å². The maximum Gasteiger partial charge on any atom is 0.237 e. The molecular formula is C46H29N5. The molecule has 0 spiro atoms. The first-order valence-electron chi connectivity index (χ1n) is 17.3. The molecule has 5 nitrogen and oxygen atoms in total. The molecule has 0 unspecified atom stereocenters. The monoisotopic (exact) mass is 651 g/mol. The fraction of sp³-hybridized carbons (Fsp3) is 0. The molecule has 4 aromatic heterocycles. The van der Waals surface area contributed by atoms with Gasteiger partial charge in [0.15, 0.2) is 0 Å². The molecule has 0 fully saturated rings. The summed E-state index contributed by atoms with van der Waals surface area (Å²) in [4.78, 5) is 10.8. The average Bonchev–Trinajstić information content (AvgIpc) is 3.84. The highest BCUT2D eigenvalue weighted by Gasteiger charge is 2.22. The van der Waals surface area contributed by atoms with Gasteiger partial charge in [-0.05, 0) is 36.4 Å². The molecule has 0 aliphatic heterocycles. The number of aromatic nitrogens is 5.